The van der Waals surface area contributed by atoms with E-state index in [-0.39, 0.29) is 17.9 Å². The standard InChI is InChI=1S/C18H19N3O2/c1-14(22)20-11-12-21(18(23)16-7-9-19-10-8-16)17(13-20)15-5-3-2-4-6-15/h2-10,17H,11-13H2,1H3/t17-/m0/s1. The lowest BCUT2D eigenvalue weighted by atomic mass is 10.0. The summed E-state index contributed by atoms with van der Waals surface area (Å²) in [7, 11) is 0. The fraction of sp³-hybridized carbons (Fsp3) is 0.278. The highest BCUT2D eigenvalue weighted by Crippen LogP contribution is 2.27. The molecule has 118 valence electrons. The van der Waals surface area contributed by atoms with Crippen molar-refractivity contribution in [2.24, 2.45) is 0 Å². The van der Waals surface area contributed by atoms with Crippen LogP contribution < -0.4 is 0 Å². The number of hydrogen-bond acceptors (Lipinski definition) is 3. The molecule has 0 unspecified atom stereocenters. The number of rotatable bonds is 2. The molecule has 2 aromatic rings. The van der Waals surface area contributed by atoms with Gasteiger partial charge in [0.2, 0.25) is 5.91 Å². The summed E-state index contributed by atoms with van der Waals surface area (Å²) in [5.74, 6) is 0.0198. The maximum Gasteiger partial charge on any atom is 0.254 e. The maximum absolute atomic E-state index is 12.9. The molecule has 0 saturated carbocycles. The van der Waals surface area contributed by atoms with Crippen molar-refractivity contribution in [2.75, 3.05) is 19.6 Å². The number of piperazine rings is 1. The summed E-state index contributed by atoms with van der Waals surface area (Å²) in [6.07, 6.45) is 3.24. The van der Waals surface area contributed by atoms with Crippen LogP contribution in [0.25, 0.3) is 0 Å². The number of aromatic nitrogens is 1. The fourth-order valence-corrected chi connectivity index (χ4v) is 2.93. The van der Waals surface area contributed by atoms with Crippen molar-refractivity contribution in [3.63, 3.8) is 0 Å². The Morgan fingerprint density at radius 3 is 2.39 bits per heavy atom. The average molecular weight is 309 g/mol. The van der Waals surface area contributed by atoms with Crippen LogP contribution in [0.2, 0.25) is 0 Å². The molecule has 0 aliphatic carbocycles. The van der Waals surface area contributed by atoms with E-state index in [1.807, 2.05) is 35.2 Å². The number of benzene rings is 1. The summed E-state index contributed by atoms with van der Waals surface area (Å²) in [6.45, 7) is 3.19. The SMILES string of the molecule is CC(=O)N1CCN(C(=O)c2ccncc2)[C@H](c2ccccc2)C1. The predicted molar refractivity (Wildman–Crippen MR) is 86.7 cm³/mol. The first kappa shape index (κ1) is 15.2. The smallest absolute Gasteiger partial charge is 0.254 e. The Labute approximate surface area is 135 Å². The van der Waals surface area contributed by atoms with Crippen LogP contribution in [-0.2, 0) is 4.79 Å². The van der Waals surface area contributed by atoms with Crippen molar-refractivity contribution in [1.29, 1.82) is 0 Å². The molecule has 1 aromatic heterocycles. The molecule has 5 nitrogen and oxygen atoms in total. The van der Waals surface area contributed by atoms with Gasteiger partial charge in [-0.25, -0.2) is 0 Å². The van der Waals surface area contributed by atoms with Crippen LogP contribution in [-0.4, -0.2) is 46.2 Å². The Kier molecular flexibility index (Phi) is 4.37. The van der Waals surface area contributed by atoms with E-state index in [1.54, 1.807) is 36.4 Å². The molecule has 1 saturated heterocycles. The summed E-state index contributed by atoms with van der Waals surface area (Å²) >= 11 is 0. The Morgan fingerprint density at radius 1 is 1.04 bits per heavy atom. The lowest BCUT2D eigenvalue weighted by molar-refractivity contribution is -0.131. The van der Waals surface area contributed by atoms with Gasteiger partial charge in [-0.1, -0.05) is 30.3 Å². The highest BCUT2D eigenvalue weighted by molar-refractivity contribution is 5.94. The summed E-state index contributed by atoms with van der Waals surface area (Å²) in [5, 5.41) is 0. The highest BCUT2D eigenvalue weighted by atomic mass is 16.2. The van der Waals surface area contributed by atoms with E-state index < -0.39 is 0 Å². The first-order valence-electron chi connectivity index (χ1n) is 7.68. The second-order valence-electron chi connectivity index (χ2n) is 5.63. The molecule has 5 heteroatoms. The molecule has 0 radical (unpaired) electrons. The molecular formula is C18H19N3O2. The van der Waals surface area contributed by atoms with Crippen molar-refractivity contribution in [1.82, 2.24) is 14.8 Å². The Balaban J connectivity index is 1.91. The quantitative estimate of drug-likeness (QED) is 0.854. The fourth-order valence-electron chi connectivity index (χ4n) is 2.93. The van der Waals surface area contributed by atoms with E-state index in [4.69, 9.17) is 0 Å². The monoisotopic (exact) mass is 309 g/mol. The van der Waals surface area contributed by atoms with Gasteiger partial charge in [0.1, 0.15) is 0 Å². The van der Waals surface area contributed by atoms with Crippen LogP contribution in [0.5, 0.6) is 0 Å². The number of carbonyl (C=O) groups is 2. The van der Waals surface area contributed by atoms with Gasteiger partial charge in [0, 0.05) is 44.5 Å². The van der Waals surface area contributed by atoms with Crippen LogP contribution in [0.4, 0.5) is 0 Å². The molecule has 3 rings (SSSR count). The molecule has 1 aromatic carbocycles. The van der Waals surface area contributed by atoms with Crippen molar-refractivity contribution in [2.45, 2.75) is 13.0 Å². The Morgan fingerprint density at radius 2 is 1.74 bits per heavy atom. The largest absolute Gasteiger partial charge is 0.339 e. The minimum Gasteiger partial charge on any atom is -0.339 e. The summed E-state index contributed by atoms with van der Waals surface area (Å²) in [4.78, 5) is 32.2. The molecule has 1 fully saturated rings. The van der Waals surface area contributed by atoms with Gasteiger partial charge in [0.25, 0.3) is 5.91 Å². The van der Waals surface area contributed by atoms with Gasteiger partial charge in [-0.2, -0.15) is 0 Å². The zero-order valence-electron chi connectivity index (χ0n) is 13.1. The van der Waals surface area contributed by atoms with Crippen LogP contribution in [0.1, 0.15) is 28.9 Å². The van der Waals surface area contributed by atoms with Gasteiger partial charge in [0.15, 0.2) is 0 Å². The van der Waals surface area contributed by atoms with Crippen LogP contribution in [0.3, 0.4) is 0 Å². The summed E-state index contributed by atoms with van der Waals surface area (Å²) in [5.41, 5.74) is 1.66. The molecule has 0 bridgehead atoms. The number of pyridine rings is 1. The molecule has 2 heterocycles. The number of nitrogens with zero attached hydrogens (tertiary/aromatic N) is 3. The Bertz CT molecular complexity index is 688. The van der Waals surface area contributed by atoms with E-state index in [9.17, 15) is 9.59 Å². The third kappa shape index (κ3) is 3.23. The first-order chi connectivity index (χ1) is 11.2. The van der Waals surface area contributed by atoms with Crippen molar-refractivity contribution >= 4 is 11.8 Å². The lowest BCUT2D eigenvalue weighted by Crippen LogP contribution is -2.51. The van der Waals surface area contributed by atoms with Crippen LogP contribution in [0.15, 0.2) is 54.9 Å². The molecule has 2 amide bonds. The second-order valence-corrected chi connectivity index (χ2v) is 5.63. The normalized spacial score (nSPS) is 17.9. The molecule has 23 heavy (non-hydrogen) atoms. The van der Waals surface area contributed by atoms with Gasteiger partial charge >= 0.3 is 0 Å². The maximum atomic E-state index is 12.9. The average Bonchev–Trinajstić information content (AvgIpc) is 2.62. The molecule has 1 aliphatic rings. The molecular weight excluding hydrogens is 290 g/mol. The second kappa shape index (κ2) is 6.60. The minimum atomic E-state index is -0.130. The molecule has 1 aliphatic heterocycles. The first-order valence-corrected chi connectivity index (χ1v) is 7.68. The third-order valence-corrected chi connectivity index (χ3v) is 4.20. The van der Waals surface area contributed by atoms with E-state index in [0.29, 0.717) is 25.2 Å². The summed E-state index contributed by atoms with van der Waals surface area (Å²) < 4.78 is 0. The van der Waals surface area contributed by atoms with E-state index >= 15 is 0 Å². The highest BCUT2D eigenvalue weighted by Gasteiger charge is 2.32. The number of carbonyl (C=O) groups excluding carboxylic acids is 2. The minimum absolute atomic E-state index is 0.0237. The van der Waals surface area contributed by atoms with E-state index in [2.05, 4.69) is 4.98 Å². The van der Waals surface area contributed by atoms with Crippen molar-refractivity contribution < 1.29 is 9.59 Å². The zero-order chi connectivity index (χ0) is 16.2. The van der Waals surface area contributed by atoms with E-state index in [0.717, 1.165) is 5.56 Å². The van der Waals surface area contributed by atoms with Gasteiger partial charge in [-0.05, 0) is 17.7 Å². The lowest BCUT2D eigenvalue weighted by Gasteiger charge is -2.41. The predicted octanol–water partition coefficient (Wildman–Crippen LogP) is 2.13. The molecule has 0 spiro atoms. The van der Waals surface area contributed by atoms with E-state index in [1.165, 1.54) is 0 Å². The van der Waals surface area contributed by atoms with Gasteiger partial charge < -0.3 is 9.80 Å². The molecule has 1 atom stereocenters. The number of hydrogen-bond donors (Lipinski definition) is 0. The van der Waals surface area contributed by atoms with Crippen molar-refractivity contribution in [3.8, 4) is 0 Å². The van der Waals surface area contributed by atoms with Gasteiger partial charge in [-0.3, -0.25) is 14.6 Å². The van der Waals surface area contributed by atoms with Crippen molar-refractivity contribution in [3.05, 3.63) is 66.0 Å². The van der Waals surface area contributed by atoms with Crippen LogP contribution in [0, 0.1) is 0 Å². The van der Waals surface area contributed by atoms with Gasteiger partial charge in [-0.15, -0.1) is 0 Å². The summed E-state index contributed by atoms with van der Waals surface area (Å²) in [6, 6.07) is 13.2. The Hall–Kier alpha value is -2.69. The number of amides is 2. The molecule has 0 N–H and O–H groups in total. The zero-order valence-corrected chi connectivity index (χ0v) is 13.1. The van der Waals surface area contributed by atoms with Gasteiger partial charge in [0.05, 0.1) is 6.04 Å². The van der Waals surface area contributed by atoms with Crippen LogP contribution >= 0.6 is 0 Å². The topological polar surface area (TPSA) is 53.5 Å². The third-order valence-electron chi connectivity index (χ3n) is 4.20.